The molecule has 0 aromatic heterocycles. The molecule has 96 valence electrons. The summed E-state index contributed by atoms with van der Waals surface area (Å²) in [7, 11) is -3.75. The summed E-state index contributed by atoms with van der Waals surface area (Å²) in [6, 6.07) is 3.85. The molecule has 0 aliphatic carbocycles. The number of nitrogens with two attached hydrogens (primary N) is 1. The maximum absolute atomic E-state index is 13.5. The van der Waals surface area contributed by atoms with Gasteiger partial charge in [-0.2, -0.15) is 13.1 Å². The van der Waals surface area contributed by atoms with E-state index < -0.39 is 16.0 Å². The van der Waals surface area contributed by atoms with Gasteiger partial charge in [-0.05, 0) is 31.5 Å². The standard InChI is InChI=1S/C10H16FN3O2S/c1-7(2)13-17(15,16)14-10-4-3-8(6-12)5-9(10)11/h3-5,7,13-14H,6,12H2,1-2H3. The molecule has 17 heavy (non-hydrogen) atoms. The number of benzene rings is 1. The van der Waals surface area contributed by atoms with Gasteiger partial charge in [0.2, 0.25) is 0 Å². The summed E-state index contributed by atoms with van der Waals surface area (Å²) in [6.07, 6.45) is 0. The second-order valence-electron chi connectivity index (χ2n) is 3.90. The van der Waals surface area contributed by atoms with Crippen molar-refractivity contribution in [2.75, 3.05) is 4.72 Å². The van der Waals surface area contributed by atoms with Gasteiger partial charge in [-0.1, -0.05) is 6.07 Å². The van der Waals surface area contributed by atoms with Crippen LogP contribution in [0.5, 0.6) is 0 Å². The fourth-order valence-corrected chi connectivity index (χ4v) is 2.39. The third kappa shape index (κ3) is 4.29. The van der Waals surface area contributed by atoms with E-state index in [0.717, 1.165) is 0 Å². The molecule has 0 aliphatic heterocycles. The largest absolute Gasteiger partial charge is 0.326 e. The molecule has 7 heteroatoms. The van der Waals surface area contributed by atoms with Gasteiger partial charge >= 0.3 is 0 Å². The lowest BCUT2D eigenvalue weighted by atomic mass is 10.2. The highest BCUT2D eigenvalue weighted by Gasteiger charge is 2.13. The molecule has 1 rings (SSSR count). The van der Waals surface area contributed by atoms with Gasteiger partial charge in [0, 0.05) is 12.6 Å². The average molecular weight is 261 g/mol. The van der Waals surface area contributed by atoms with Crippen LogP contribution in [-0.4, -0.2) is 14.5 Å². The van der Waals surface area contributed by atoms with Crippen molar-refractivity contribution >= 4 is 15.9 Å². The van der Waals surface area contributed by atoms with Crippen molar-refractivity contribution in [3.05, 3.63) is 29.6 Å². The number of halogens is 1. The third-order valence-corrected chi connectivity index (χ3v) is 3.17. The van der Waals surface area contributed by atoms with Gasteiger partial charge in [-0.3, -0.25) is 4.72 Å². The number of nitrogens with one attached hydrogen (secondary N) is 2. The maximum Gasteiger partial charge on any atom is 0.299 e. The first-order valence-electron chi connectivity index (χ1n) is 5.12. The topological polar surface area (TPSA) is 84.2 Å². The summed E-state index contributed by atoms with van der Waals surface area (Å²) >= 11 is 0. The molecule has 0 aliphatic rings. The van der Waals surface area contributed by atoms with E-state index >= 15 is 0 Å². The molecule has 0 spiro atoms. The minimum atomic E-state index is -3.75. The molecule has 0 bridgehead atoms. The fourth-order valence-electron chi connectivity index (χ4n) is 1.25. The summed E-state index contributed by atoms with van der Waals surface area (Å²) in [5.74, 6) is -0.651. The summed E-state index contributed by atoms with van der Waals surface area (Å²) in [5.41, 5.74) is 5.84. The summed E-state index contributed by atoms with van der Waals surface area (Å²) in [5, 5.41) is 0. The van der Waals surface area contributed by atoms with E-state index in [1.165, 1.54) is 12.1 Å². The molecule has 0 fully saturated rings. The van der Waals surface area contributed by atoms with Crippen LogP contribution >= 0.6 is 0 Å². The second kappa shape index (κ2) is 5.44. The van der Waals surface area contributed by atoms with Crippen LogP contribution in [0.2, 0.25) is 0 Å². The van der Waals surface area contributed by atoms with Crippen molar-refractivity contribution in [3.63, 3.8) is 0 Å². The van der Waals surface area contributed by atoms with Gasteiger partial charge in [0.05, 0.1) is 5.69 Å². The highest BCUT2D eigenvalue weighted by molar-refractivity contribution is 7.90. The lowest BCUT2D eigenvalue weighted by Gasteiger charge is -2.12. The van der Waals surface area contributed by atoms with Crippen LogP contribution in [0.15, 0.2) is 18.2 Å². The van der Waals surface area contributed by atoms with E-state index in [4.69, 9.17) is 5.73 Å². The molecular formula is C10H16FN3O2S. The van der Waals surface area contributed by atoms with E-state index in [-0.39, 0.29) is 18.3 Å². The van der Waals surface area contributed by atoms with Gasteiger partial charge in [0.25, 0.3) is 10.2 Å². The van der Waals surface area contributed by atoms with Crippen LogP contribution in [0.3, 0.4) is 0 Å². The first-order valence-corrected chi connectivity index (χ1v) is 6.61. The summed E-state index contributed by atoms with van der Waals surface area (Å²) in [4.78, 5) is 0. The van der Waals surface area contributed by atoms with Crippen LogP contribution in [0.1, 0.15) is 19.4 Å². The Labute approximate surface area is 100 Å². The highest BCUT2D eigenvalue weighted by Crippen LogP contribution is 2.16. The van der Waals surface area contributed by atoms with Crippen molar-refractivity contribution in [1.82, 2.24) is 4.72 Å². The van der Waals surface area contributed by atoms with E-state index in [9.17, 15) is 12.8 Å². The Hall–Kier alpha value is -1.18. The van der Waals surface area contributed by atoms with E-state index in [1.54, 1.807) is 19.9 Å². The van der Waals surface area contributed by atoms with Gasteiger partial charge in [-0.15, -0.1) is 0 Å². The minimum Gasteiger partial charge on any atom is -0.326 e. The molecule has 0 unspecified atom stereocenters. The molecule has 0 heterocycles. The molecular weight excluding hydrogens is 245 g/mol. The van der Waals surface area contributed by atoms with Gasteiger partial charge in [0.15, 0.2) is 0 Å². The average Bonchev–Trinajstić information content (AvgIpc) is 2.18. The summed E-state index contributed by atoms with van der Waals surface area (Å²) in [6.45, 7) is 3.55. The zero-order valence-corrected chi connectivity index (χ0v) is 10.5. The molecule has 0 atom stereocenters. The van der Waals surface area contributed by atoms with Crippen LogP contribution in [-0.2, 0) is 16.8 Å². The Morgan fingerprint density at radius 1 is 1.41 bits per heavy atom. The Bertz CT molecular complexity index is 488. The Kier molecular flexibility index (Phi) is 4.44. The van der Waals surface area contributed by atoms with Crippen molar-refractivity contribution in [3.8, 4) is 0 Å². The molecule has 0 saturated heterocycles. The minimum absolute atomic E-state index is 0.102. The summed E-state index contributed by atoms with van der Waals surface area (Å²) < 4.78 is 40.9. The monoisotopic (exact) mass is 261 g/mol. The van der Waals surface area contributed by atoms with Gasteiger partial charge < -0.3 is 5.73 Å². The van der Waals surface area contributed by atoms with Gasteiger partial charge in [0.1, 0.15) is 5.82 Å². The van der Waals surface area contributed by atoms with Crippen molar-refractivity contribution in [2.24, 2.45) is 5.73 Å². The SMILES string of the molecule is CC(C)NS(=O)(=O)Nc1ccc(CN)cc1F. The number of hydrogen-bond donors (Lipinski definition) is 3. The molecule has 5 nitrogen and oxygen atoms in total. The quantitative estimate of drug-likeness (QED) is 0.737. The highest BCUT2D eigenvalue weighted by atomic mass is 32.2. The first-order chi connectivity index (χ1) is 7.84. The molecule has 4 N–H and O–H groups in total. The smallest absolute Gasteiger partial charge is 0.299 e. The number of rotatable bonds is 5. The molecule has 0 saturated carbocycles. The van der Waals surface area contributed by atoms with Crippen molar-refractivity contribution in [1.29, 1.82) is 0 Å². The molecule has 1 aromatic carbocycles. The molecule has 0 radical (unpaired) electrons. The second-order valence-corrected chi connectivity index (χ2v) is 5.34. The predicted octanol–water partition coefficient (Wildman–Crippen LogP) is 0.939. The fraction of sp³-hybridized carbons (Fsp3) is 0.400. The predicted molar refractivity (Wildman–Crippen MR) is 65.1 cm³/mol. The van der Waals surface area contributed by atoms with Crippen molar-refractivity contribution < 1.29 is 12.8 Å². The van der Waals surface area contributed by atoms with Crippen molar-refractivity contribution in [2.45, 2.75) is 26.4 Å². The van der Waals surface area contributed by atoms with Crippen LogP contribution in [0, 0.1) is 5.82 Å². The Balaban J connectivity index is 2.89. The lowest BCUT2D eigenvalue weighted by molar-refractivity contribution is 0.573. The molecule has 1 aromatic rings. The third-order valence-electron chi connectivity index (χ3n) is 1.90. The van der Waals surface area contributed by atoms with Crippen LogP contribution in [0.4, 0.5) is 10.1 Å². The van der Waals surface area contributed by atoms with Crippen LogP contribution < -0.4 is 15.2 Å². The van der Waals surface area contributed by atoms with Crippen LogP contribution in [0.25, 0.3) is 0 Å². The maximum atomic E-state index is 13.5. The Morgan fingerprint density at radius 3 is 2.53 bits per heavy atom. The lowest BCUT2D eigenvalue weighted by Crippen LogP contribution is -2.35. The van der Waals surface area contributed by atoms with E-state index in [2.05, 4.69) is 9.44 Å². The molecule has 0 amide bonds. The number of hydrogen-bond acceptors (Lipinski definition) is 3. The zero-order valence-electron chi connectivity index (χ0n) is 9.70. The van der Waals surface area contributed by atoms with E-state index in [1.807, 2.05) is 0 Å². The normalized spacial score (nSPS) is 11.8. The number of anilines is 1. The Morgan fingerprint density at radius 2 is 2.06 bits per heavy atom. The van der Waals surface area contributed by atoms with Gasteiger partial charge in [-0.25, -0.2) is 4.39 Å². The zero-order chi connectivity index (χ0) is 13.1. The van der Waals surface area contributed by atoms with E-state index in [0.29, 0.717) is 5.56 Å². The first kappa shape index (κ1) is 13.9.